The first-order chi connectivity index (χ1) is 5.74. The van der Waals surface area contributed by atoms with Crippen molar-refractivity contribution in [1.29, 1.82) is 0 Å². The zero-order valence-electron chi connectivity index (χ0n) is 6.50. The van der Waals surface area contributed by atoms with Gasteiger partial charge in [-0.3, -0.25) is 4.21 Å². The fraction of sp³-hybridized carbons (Fsp3) is 0.250. The monoisotopic (exact) mass is 295 g/mol. The van der Waals surface area contributed by atoms with E-state index < -0.39 is 10.8 Å². The van der Waals surface area contributed by atoms with Gasteiger partial charge >= 0.3 is 0 Å². The lowest BCUT2D eigenvalue weighted by atomic mass is 10.4. The zero-order valence-corrected chi connectivity index (χ0v) is 9.47. The van der Waals surface area contributed by atoms with E-state index in [1.807, 2.05) is 24.3 Å². The Morgan fingerprint density at radius 2 is 1.92 bits per heavy atom. The first-order valence-electron chi connectivity index (χ1n) is 3.58. The van der Waals surface area contributed by atoms with Crippen molar-refractivity contribution in [2.45, 2.75) is 4.90 Å². The Hall–Kier alpha value is 0.0600. The van der Waals surface area contributed by atoms with Crippen LogP contribution in [0.25, 0.3) is 0 Å². The van der Waals surface area contributed by atoms with Crippen LogP contribution in [-0.4, -0.2) is 16.5 Å². The molecule has 0 aliphatic rings. The summed E-state index contributed by atoms with van der Waals surface area (Å²) in [7, 11) is -0.920. The van der Waals surface area contributed by atoms with Gasteiger partial charge in [0.1, 0.15) is 0 Å². The Morgan fingerprint density at radius 1 is 1.33 bits per heavy atom. The van der Waals surface area contributed by atoms with Gasteiger partial charge in [-0.25, -0.2) is 0 Å². The molecule has 1 atom stereocenters. The quantitative estimate of drug-likeness (QED) is 0.856. The minimum absolute atomic E-state index is 0.471. The first-order valence-corrected chi connectivity index (χ1v) is 5.98. The third-order valence-electron chi connectivity index (χ3n) is 1.38. The highest BCUT2D eigenvalue weighted by molar-refractivity contribution is 14.1. The predicted octanol–water partition coefficient (Wildman–Crippen LogP) is 1.36. The molecule has 0 saturated carbocycles. The van der Waals surface area contributed by atoms with Crippen molar-refractivity contribution < 1.29 is 4.21 Å². The Balaban J connectivity index is 2.75. The molecule has 66 valence electrons. The lowest BCUT2D eigenvalue weighted by molar-refractivity contribution is 0.682. The van der Waals surface area contributed by atoms with E-state index in [4.69, 9.17) is 5.73 Å². The molecule has 1 aromatic carbocycles. The third kappa shape index (κ3) is 2.84. The van der Waals surface area contributed by atoms with E-state index >= 15 is 0 Å². The van der Waals surface area contributed by atoms with Crippen LogP contribution in [0.2, 0.25) is 0 Å². The molecule has 0 bridgehead atoms. The number of nitrogens with two attached hydrogens (primary N) is 1. The summed E-state index contributed by atoms with van der Waals surface area (Å²) in [5.74, 6) is 0.542. The summed E-state index contributed by atoms with van der Waals surface area (Å²) < 4.78 is 12.5. The molecule has 2 N–H and O–H groups in total. The number of halogens is 1. The Bertz CT molecular complexity index is 273. The molecule has 1 rings (SSSR count). The molecular formula is C8H10INOS. The van der Waals surface area contributed by atoms with Gasteiger partial charge in [-0.15, -0.1) is 0 Å². The van der Waals surface area contributed by atoms with E-state index in [-0.39, 0.29) is 0 Å². The van der Waals surface area contributed by atoms with Gasteiger partial charge in [0.25, 0.3) is 0 Å². The van der Waals surface area contributed by atoms with Gasteiger partial charge in [0.15, 0.2) is 0 Å². The number of hydrogen-bond acceptors (Lipinski definition) is 2. The van der Waals surface area contributed by atoms with Gasteiger partial charge < -0.3 is 5.73 Å². The fourth-order valence-corrected chi connectivity index (χ4v) is 2.06. The SMILES string of the molecule is NCC[S@@](=O)c1ccc(I)cc1. The Kier molecular flexibility index (Phi) is 4.17. The molecule has 0 aliphatic heterocycles. The first kappa shape index (κ1) is 10.1. The summed E-state index contributed by atoms with van der Waals surface area (Å²) in [6.07, 6.45) is 0. The van der Waals surface area contributed by atoms with E-state index in [1.54, 1.807) is 0 Å². The van der Waals surface area contributed by atoms with E-state index in [2.05, 4.69) is 22.6 Å². The van der Waals surface area contributed by atoms with Crippen LogP contribution in [0.15, 0.2) is 29.2 Å². The van der Waals surface area contributed by atoms with Gasteiger partial charge in [0.05, 0.1) is 10.8 Å². The second-order valence-electron chi connectivity index (χ2n) is 2.29. The summed E-state index contributed by atoms with van der Waals surface area (Å²) >= 11 is 2.22. The van der Waals surface area contributed by atoms with Gasteiger partial charge in [-0.2, -0.15) is 0 Å². The second-order valence-corrected chi connectivity index (χ2v) is 5.11. The Labute approximate surface area is 88.1 Å². The third-order valence-corrected chi connectivity index (χ3v) is 3.50. The number of benzene rings is 1. The maximum atomic E-state index is 11.4. The van der Waals surface area contributed by atoms with Crippen molar-refractivity contribution in [3.63, 3.8) is 0 Å². The minimum atomic E-state index is -0.920. The highest BCUT2D eigenvalue weighted by Crippen LogP contribution is 2.10. The van der Waals surface area contributed by atoms with Crippen LogP contribution in [0.5, 0.6) is 0 Å². The summed E-state index contributed by atoms with van der Waals surface area (Å²) in [5, 5.41) is 0. The topological polar surface area (TPSA) is 43.1 Å². The molecule has 0 fully saturated rings. The average Bonchev–Trinajstić information content (AvgIpc) is 2.06. The number of hydrogen-bond donors (Lipinski definition) is 1. The zero-order chi connectivity index (χ0) is 8.97. The maximum Gasteiger partial charge on any atom is 0.0542 e. The molecule has 0 unspecified atom stereocenters. The van der Waals surface area contributed by atoms with E-state index in [1.165, 1.54) is 0 Å². The number of rotatable bonds is 3. The van der Waals surface area contributed by atoms with Crippen molar-refractivity contribution in [2.75, 3.05) is 12.3 Å². The van der Waals surface area contributed by atoms with Crippen LogP contribution in [0.1, 0.15) is 0 Å². The van der Waals surface area contributed by atoms with Crippen LogP contribution in [0.4, 0.5) is 0 Å². The minimum Gasteiger partial charge on any atom is -0.330 e. The summed E-state index contributed by atoms with van der Waals surface area (Å²) in [6, 6.07) is 7.66. The Morgan fingerprint density at radius 3 is 2.42 bits per heavy atom. The van der Waals surface area contributed by atoms with E-state index in [9.17, 15) is 4.21 Å². The van der Waals surface area contributed by atoms with Crippen LogP contribution in [0.3, 0.4) is 0 Å². The maximum absolute atomic E-state index is 11.4. The highest BCUT2D eigenvalue weighted by Gasteiger charge is 2.00. The van der Waals surface area contributed by atoms with Crippen molar-refractivity contribution in [3.8, 4) is 0 Å². The largest absolute Gasteiger partial charge is 0.330 e. The molecular weight excluding hydrogens is 285 g/mol. The molecule has 0 aromatic heterocycles. The summed E-state index contributed by atoms with van der Waals surface area (Å²) in [5.41, 5.74) is 5.30. The lowest BCUT2D eigenvalue weighted by Gasteiger charge is -1.99. The van der Waals surface area contributed by atoms with Crippen molar-refractivity contribution in [1.82, 2.24) is 0 Å². The van der Waals surface area contributed by atoms with Crippen molar-refractivity contribution in [3.05, 3.63) is 27.8 Å². The lowest BCUT2D eigenvalue weighted by Crippen LogP contribution is -2.10. The van der Waals surface area contributed by atoms with Gasteiger partial charge in [-0.05, 0) is 46.9 Å². The molecule has 0 aliphatic carbocycles. The highest BCUT2D eigenvalue weighted by atomic mass is 127. The molecule has 0 spiro atoms. The van der Waals surface area contributed by atoms with Crippen LogP contribution in [0, 0.1) is 3.57 Å². The molecule has 0 amide bonds. The van der Waals surface area contributed by atoms with E-state index in [0.29, 0.717) is 12.3 Å². The standard InChI is InChI=1S/C8H10INOS/c9-7-1-3-8(4-2-7)12(11)6-5-10/h1-4H,5-6,10H2/t12-/m1/s1. The normalized spacial score (nSPS) is 12.8. The molecule has 4 heteroatoms. The van der Waals surface area contributed by atoms with E-state index in [0.717, 1.165) is 8.47 Å². The smallest absolute Gasteiger partial charge is 0.0542 e. The molecule has 0 radical (unpaired) electrons. The van der Waals surface area contributed by atoms with Crippen LogP contribution >= 0.6 is 22.6 Å². The average molecular weight is 295 g/mol. The summed E-state index contributed by atoms with van der Waals surface area (Å²) in [6.45, 7) is 0.471. The molecule has 0 saturated heterocycles. The van der Waals surface area contributed by atoms with Crippen LogP contribution < -0.4 is 5.73 Å². The van der Waals surface area contributed by atoms with Crippen LogP contribution in [-0.2, 0) is 10.8 Å². The molecule has 12 heavy (non-hydrogen) atoms. The predicted molar refractivity (Wildman–Crippen MR) is 59.5 cm³/mol. The van der Waals surface area contributed by atoms with Gasteiger partial charge in [0.2, 0.25) is 0 Å². The molecule has 0 heterocycles. The second kappa shape index (κ2) is 4.94. The van der Waals surface area contributed by atoms with Gasteiger partial charge in [-0.1, -0.05) is 0 Å². The molecule has 2 nitrogen and oxygen atoms in total. The van der Waals surface area contributed by atoms with Crippen molar-refractivity contribution in [2.24, 2.45) is 5.73 Å². The van der Waals surface area contributed by atoms with Crippen molar-refractivity contribution >= 4 is 33.4 Å². The fourth-order valence-electron chi connectivity index (χ4n) is 0.811. The van der Waals surface area contributed by atoms with Gasteiger partial charge in [0, 0.05) is 20.8 Å². The summed E-state index contributed by atoms with van der Waals surface area (Å²) in [4.78, 5) is 0.862. The molecule has 1 aromatic rings.